The van der Waals surface area contributed by atoms with E-state index < -0.39 is 0 Å². The first kappa shape index (κ1) is 23.1. The smallest absolute Gasteiger partial charge is 0.326 e. The van der Waals surface area contributed by atoms with Gasteiger partial charge in [-0.05, 0) is 55.2 Å². The van der Waals surface area contributed by atoms with Gasteiger partial charge in [-0.3, -0.25) is 9.69 Å². The molecule has 0 saturated carbocycles. The van der Waals surface area contributed by atoms with Gasteiger partial charge in [-0.1, -0.05) is 67.6 Å². The maximum atomic E-state index is 13.0. The third kappa shape index (κ3) is 6.45. The first-order chi connectivity index (χ1) is 15.6. The molecule has 3 aromatic rings. The van der Waals surface area contributed by atoms with Crippen molar-refractivity contribution in [3.63, 3.8) is 0 Å². The molecule has 2 N–H and O–H groups in total. The fourth-order valence-electron chi connectivity index (χ4n) is 3.70. The number of hydrogen-bond donors (Lipinski definition) is 2. The van der Waals surface area contributed by atoms with Crippen LogP contribution < -0.4 is 15.5 Å². The van der Waals surface area contributed by atoms with E-state index in [-0.39, 0.29) is 17.9 Å². The van der Waals surface area contributed by atoms with Crippen molar-refractivity contribution in [2.45, 2.75) is 32.6 Å². The monoisotopic (exact) mass is 429 g/mol. The molecule has 3 amide bonds. The quantitative estimate of drug-likeness (QED) is 0.427. The molecule has 3 rings (SSSR count). The molecule has 0 aliphatic rings. The van der Waals surface area contributed by atoms with Crippen molar-refractivity contribution in [2.75, 3.05) is 23.3 Å². The van der Waals surface area contributed by atoms with Crippen molar-refractivity contribution in [1.29, 1.82) is 0 Å². The third-order valence-corrected chi connectivity index (χ3v) is 5.37. The molecule has 0 fully saturated rings. The van der Waals surface area contributed by atoms with Crippen molar-refractivity contribution >= 4 is 23.3 Å². The maximum absolute atomic E-state index is 13.0. The van der Waals surface area contributed by atoms with Gasteiger partial charge >= 0.3 is 6.03 Å². The second-order valence-electron chi connectivity index (χ2n) is 7.80. The molecule has 5 heteroatoms. The molecule has 0 bridgehead atoms. The van der Waals surface area contributed by atoms with Gasteiger partial charge in [-0.2, -0.15) is 0 Å². The van der Waals surface area contributed by atoms with Gasteiger partial charge in [0.2, 0.25) is 5.91 Å². The van der Waals surface area contributed by atoms with Gasteiger partial charge in [-0.15, -0.1) is 0 Å². The highest BCUT2D eigenvalue weighted by atomic mass is 16.2. The lowest BCUT2D eigenvalue weighted by Gasteiger charge is -2.24. The summed E-state index contributed by atoms with van der Waals surface area (Å²) in [7, 11) is 0. The van der Waals surface area contributed by atoms with E-state index in [0.717, 1.165) is 28.9 Å². The summed E-state index contributed by atoms with van der Waals surface area (Å²) in [5.41, 5.74) is 3.69. The van der Waals surface area contributed by atoms with E-state index in [4.69, 9.17) is 0 Å². The normalized spacial score (nSPS) is 11.4. The number of hydrogen-bond acceptors (Lipinski definition) is 2. The van der Waals surface area contributed by atoms with Crippen LogP contribution in [0.4, 0.5) is 16.2 Å². The fourth-order valence-corrected chi connectivity index (χ4v) is 3.70. The first-order valence-corrected chi connectivity index (χ1v) is 11.1. The van der Waals surface area contributed by atoms with Crippen LogP contribution in [0.15, 0.2) is 84.9 Å². The minimum Gasteiger partial charge on any atom is -0.356 e. The van der Waals surface area contributed by atoms with Gasteiger partial charge < -0.3 is 10.6 Å². The number of carbonyl (C=O) groups excluding carboxylic acids is 2. The summed E-state index contributed by atoms with van der Waals surface area (Å²) >= 11 is 0. The zero-order valence-corrected chi connectivity index (χ0v) is 18.8. The summed E-state index contributed by atoms with van der Waals surface area (Å²) in [5, 5.41) is 6.02. The van der Waals surface area contributed by atoms with Crippen LogP contribution in [0.1, 0.15) is 36.8 Å². The molecule has 0 aliphatic heterocycles. The van der Waals surface area contributed by atoms with E-state index in [2.05, 4.69) is 10.6 Å². The summed E-state index contributed by atoms with van der Waals surface area (Å²) in [5.74, 6) is -0.139. The van der Waals surface area contributed by atoms with Crippen molar-refractivity contribution in [1.82, 2.24) is 5.32 Å². The van der Waals surface area contributed by atoms with E-state index in [1.54, 1.807) is 4.90 Å². The van der Waals surface area contributed by atoms with Crippen molar-refractivity contribution in [3.05, 3.63) is 96.1 Å². The number of benzene rings is 3. The highest BCUT2D eigenvalue weighted by molar-refractivity contribution is 6.01. The van der Waals surface area contributed by atoms with Crippen LogP contribution in [0.2, 0.25) is 0 Å². The second kappa shape index (κ2) is 11.7. The predicted octanol–water partition coefficient (Wildman–Crippen LogP) is 5.73. The molecule has 1 unspecified atom stereocenters. The molecule has 0 radical (unpaired) electrons. The fraction of sp³-hybridized carbons (Fsp3) is 0.259. The Labute approximate surface area is 190 Å². The molecule has 0 aromatic heterocycles. The number of nitrogens with one attached hydrogen (secondary N) is 2. The lowest BCUT2D eigenvalue weighted by Crippen LogP contribution is -2.38. The Morgan fingerprint density at radius 1 is 0.906 bits per heavy atom. The average molecular weight is 430 g/mol. The third-order valence-electron chi connectivity index (χ3n) is 5.37. The molecule has 32 heavy (non-hydrogen) atoms. The van der Waals surface area contributed by atoms with Crippen LogP contribution in [-0.4, -0.2) is 25.0 Å². The van der Waals surface area contributed by atoms with E-state index in [9.17, 15) is 9.59 Å². The summed E-state index contributed by atoms with van der Waals surface area (Å²) in [6.45, 7) is 5.00. The minimum absolute atomic E-state index is 0.0224. The molecule has 0 heterocycles. The lowest BCUT2D eigenvalue weighted by molar-refractivity contribution is -0.122. The van der Waals surface area contributed by atoms with Gasteiger partial charge in [0.1, 0.15) is 0 Å². The number of rotatable bonds is 9. The Morgan fingerprint density at radius 3 is 2.25 bits per heavy atom. The standard InChI is InChI=1S/C27H31N3O2/c1-3-25(22-13-6-4-7-14-22)26(31)28-18-11-19-30(24-16-8-5-9-17-24)27(32)29-23-15-10-12-21(2)20-23/h4-10,12-17,20,25H,3,11,18-19H2,1-2H3,(H,28,31)(H,29,32). The number of anilines is 2. The summed E-state index contributed by atoms with van der Waals surface area (Å²) in [6, 6.07) is 27.0. The zero-order chi connectivity index (χ0) is 22.8. The number of para-hydroxylation sites is 1. The SMILES string of the molecule is CCC(C(=O)NCCCN(C(=O)Nc1cccc(C)c1)c1ccccc1)c1ccccc1. The molecular formula is C27H31N3O2. The average Bonchev–Trinajstić information content (AvgIpc) is 2.81. The Kier molecular flexibility index (Phi) is 8.44. The molecule has 3 aromatic carbocycles. The molecule has 0 aliphatic carbocycles. The molecule has 0 saturated heterocycles. The Balaban J connectivity index is 1.59. The number of carbonyl (C=O) groups is 2. The molecule has 166 valence electrons. The van der Waals surface area contributed by atoms with E-state index in [1.165, 1.54) is 0 Å². The Hall–Kier alpha value is -3.60. The highest BCUT2D eigenvalue weighted by Crippen LogP contribution is 2.20. The van der Waals surface area contributed by atoms with Crippen LogP contribution in [0.3, 0.4) is 0 Å². The van der Waals surface area contributed by atoms with Crippen LogP contribution >= 0.6 is 0 Å². The van der Waals surface area contributed by atoms with Crippen molar-refractivity contribution < 1.29 is 9.59 Å². The van der Waals surface area contributed by atoms with Crippen LogP contribution in [0.5, 0.6) is 0 Å². The van der Waals surface area contributed by atoms with Crippen LogP contribution in [0.25, 0.3) is 0 Å². The van der Waals surface area contributed by atoms with Gasteiger partial charge in [-0.25, -0.2) is 4.79 Å². The van der Waals surface area contributed by atoms with Crippen molar-refractivity contribution in [2.24, 2.45) is 0 Å². The summed E-state index contributed by atoms with van der Waals surface area (Å²) < 4.78 is 0. The van der Waals surface area contributed by atoms with Gasteiger partial charge in [0.25, 0.3) is 0 Å². The lowest BCUT2D eigenvalue weighted by atomic mass is 9.96. The summed E-state index contributed by atoms with van der Waals surface area (Å²) in [4.78, 5) is 27.4. The first-order valence-electron chi connectivity index (χ1n) is 11.1. The van der Waals surface area contributed by atoms with Gasteiger partial charge in [0.05, 0.1) is 5.92 Å². The predicted molar refractivity (Wildman–Crippen MR) is 131 cm³/mol. The van der Waals surface area contributed by atoms with Gasteiger partial charge in [0, 0.05) is 24.5 Å². The topological polar surface area (TPSA) is 61.4 Å². The largest absolute Gasteiger partial charge is 0.356 e. The second-order valence-corrected chi connectivity index (χ2v) is 7.80. The number of aryl methyl sites for hydroxylation is 1. The highest BCUT2D eigenvalue weighted by Gasteiger charge is 2.19. The zero-order valence-electron chi connectivity index (χ0n) is 18.8. The van der Waals surface area contributed by atoms with Gasteiger partial charge in [0.15, 0.2) is 0 Å². The molecule has 1 atom stereocenters. The number of urea groups is 1. The molecule has 0 spiro atoms. The van der Waals surface area contributed by atoms with Crippen LogP contribution in [0, 0.1) is 6.92 Å². The summed E-state index contributed by atoms with van der Waals surface area (Å²) in [6.07, 6.45) is 1.39. The Bertz CT molecular complexity index is 1010. The Morgan fingerprint density at radius 2 is 1.59 bits per heavy atom. The van der Waals surface area contributed by atoms with E-state index in [1.807, 2.05) is 98.8 Å². The van der Waals surface area contributed by atoms with Crippen LogP contribution in [-0.2, 0) is 4.79 Å². The number of amides is 3. The van der Waals surface area contributed by atoms with E-state index >= 15 is 0 Å². The van der Waals surface area contributed by atoms with Crippen molar-refractivity contribution in [3.8, 4) is 0 Å². The molecular weight excluding hydrogens is 398 g/mol. The number of nitrogens with zero attached hydrogens (tertiary/aromatic N) is 1. The molecule has 5 nitrogen and oxygen atoms in total. The van der Waals surface area contributed by atoms with E-state index in [0.29, 0.717) is 19.5 Å². The maximum Gasteiger partial charge on any atom is 0.326 e. The minimum atomic E-state index is -0.191.